The predicted molar refractivity (Wildman–Crippen MR) is 59.5 cm³/mol. The van der Waals surface area contributed by atoms with Crippen molar-refractivity contribution in [2.75, 3.05) is 11.9 Å². The molecule has 1 aliphatic rings. The molecule has 1 aliphatic heterocycles. The average Bonchev–Trinajstić information content (AvgIpc) is 2.39. The summed E-state index contributed by atoms with van der Waals surface area (Å²) in [7, 11) is 1.69. The maximum Gasteiger partial charge on any atom is 0.311 e. The molecule has 0 aromatic heterocycles. The van der Waals surface area contributed by atoms with E-state index in [0.29, 0.717) is 12.1 Å². The van der Waals surface area contributed by atoms with Gasteiger partial charge in [0, 0.05) is 19.2 Å². The van der Waals surface area contributed by atoms with E-state index < -0.39 is 11.9 Å². The fourth-order valence-electron chi connectivity index (χ4n) is 2.07. The zero-order chi connectivity index (χ0) is 11.7. The summed E-state index contributed by atoms with van der Waals surface area (Å²) in [6.07, 6.45) is 0.650. The first-order valence-electron chi connectivity index (χ1n) is 5.19. The molecule has 84 valence electrons. The van der Waals surface area contributed by atoms with Gasteiger partial charge in [0.25, 0.3) is 0 Å². The summed E-state index contributed by atoms with van der Waals surface area (Å²) in [6, 6.07) is 7.18. The summed E-state index contributed by atoms with van der Waals surface area (Å²) in [5.41, 5.74) is 1.43. The Labute approximate surface area is 93.5 Å². The van der Waals surface area contributed by atoms with Gasteiger partial charge in [-0.25, -0.2) is 0 Å². The number of carbonyl (C=O) groups is 2. The van der Waals surface area contributed by atoms with E-state index in [1.54, 1.807) is 25.2 Å². The fraction of sp³-hybridized carbons (Fsp3) is 0.333. The third-order valence-electron chi connectivity index (χ3n) is 2.99. The van der Waals surface area contributed by atoms with Gasteiger partial charge in [-0.15, -0.1) is 0 Å². The Morgan fingerprint density at radius 1 is 1.44 bits per heavy atom. The normalized spacial score (nSPS) is 20.2. The SMILES string of the molecule is CN1C(=O)CCC(C(=O)O)c2ccccc21. The first-order chi connectivity index (χ1) is 7.61. The number of amides is 1. The number of fused-ring (bicyclic) bond motifs is 1. The van der Waals surface area contributed by atoms with Crippen LogP contribution in [0, 0.1) is 0 Å². The first kappa shape index (κ1) is 10.7. The van der Waals surface area contributed by atoms with Crippen molar-refractivity contribution in [1.82, 2.24) is 0 Å². The van der Waals surface area contributed by atoms with Crippen LogP contribution in [-0.2, 0) is 9.59 Å². The third kappa shape index (κ3) is 1.66. The topological polar surface area (TPSA) is 57.6 Å². The quantitative estimate of drug-likeness (QED) is 0.780. The standard InChI is InChI=1S/C12H13NO3/c1-13-10-5-3-2-4-8(10)9(12(15)16)6-7-11(13)14/h2-5,9H,6-7H2,1H3,(H,15,16). The second-order valence-electron chi connectivity index (χ2n) is 3.94. The summed E-state index contributed by atoms with van der Waals surface area (Å²) < 4.78 is 0. The van der Waals surface area contributed by atoms with Crippen molar-refractivity contribution in [2.24, 2.45) is 0 Å². The molecule has 0 saturated carbocycles. The van der Waals surface area contributed by atoms with E-state index in [9.17, 15) is 9.59 Å². The van der Waals surface area contributed by atoms with Crippen molar-refractivity contribution >= 4 is 17.6 Å². The highest BCUT2D eigenvalue weighted by Gasteiger charge is 2.29. The predicted octanol–water partition coefficient (Wildman–Crippen LogP) is 1.61. The van der Waals surface area contributed by atoms with E-state index >= 15 is 0 Å². The van der Waals surface area contributed by atoms with Crippen LogP contribution >= 0.6 is 0 Å². The van der Waals surface area contributed by atoms with Crippen LogP contribution in [0.5, 0.6) is 0 Å². The summed E-state index contributed by atoms with van der Waals surface area (Å²) in [4.78, 5) is 24.4. The summed E-state index contributed by atoms with van der Waals surface area (Å²) in [5.74, 6) is -1.48. The Kier molecular flexibility index (Phi) is 2.64. The van der Waals surface area contributed by atoms with Crippen LogP contribution in [0.4, 0.5) is 5.69 Å². The number of anilines is 1. The molecule has 0 bridgehead atoms. The van der Waals surface area contributed by atoms with E-state index in [-0.39, 0.29) is 12.3 Å². The van der Waals surface area contributed by atoms with Gasteiger partial charge < -0.3 is 10.0 Å². The molecule has 1 unspecified atom stereocenters. The minimum Gasteiger partial charge on any atom is -0.481 e. The smallest absolute Gasteiger partial charge is 0.311 e. The zero-order valence-corrected chi connectivity index (χ0v) is 9.01. The number of aliphatic carboxylic acids is 1. The molecule has 4 heteroatoms. The Morgan fingerprint density at radius 3 is 2.81 bits per heavy atom. The van der Waals surface area contributed by atoms with Gasteiger partial charge in [-0.3, -0.25) is 9.59 Å². The molecule has 1 heterocycles. The molecule has 0 aliphatic carbocycles. The fourth-order valence-corrected chi connectivity index (χ4v) is 2.07. The molecular formula is C12H13NO3. The van der Waals surface area contributed by atoms with Gasteiger partial charge in [0.05, 0.1) is 5.92 Å². The van der Waals surface area contributed by atoms with E-state index in [4.69, 9.17) is 5.11 Å². The number of benzene rings is 1. The van der Waals surface area contributed by atoms with Crippen LogP contribution in [0.15, 0.2) is 24.3 Å². The minimum absolute atomic E-state index is 0.0313. The minimum atomic E-state index is -0.865. The molecule has 0 spiro atoms. The molecule has 0 radical (unpaired) electrons. The monoisotopic (exact) mass is 219 g/mol. The Bertz CT molecular complexity index is 442. The van der Waals surface area contributed by atoms with E-state index in [0.717, 1.165) is 5.56 Å². The van der Waals surface area contributed by atoms with Crippen molar-refractivity contribution in [1.29, 1.82) is 0 Å². The van der Waals surface area contributed by atoms with Gasteiger partial charge in [-0.05, 0) is 18.1 Å². The maximum atomic E-state index is 11.7. The number of nitrogens with zero attached hydrogens (tertiary/aromatic N) is 1. The van der Waals surface area contributed by atoms with Crippen LogP contribution in [0.1, 0.15) is 24.3 Å². The van der Waals surface area contributed by atoms with Crippen LogP contribution in [0.25, 0.3) is 0 Å². The van der Waals surface area contributed by atoms with Crippen LogP contribution in [0.2, 0.25) is 0 Å². The largest absolute Gasteiger partial charge is 0.481 e. The lowest BCUT2D eigenvalue weighted by molar-refractivity contribution is -0.138. The molecule has 1 aromatic carbocycles. The van der Waals surface area contributed by atoms with Crippen LogP contribution in [-0.4, -0.2) is 24.0 Å². The van der Waals surface area contributed by atoms with E-state index in [2.05, 4.69) is 0 Å². The Balaban J connectivity index is 2.54. The molecule has 1 aromatic rings. The molecule has 16 heavy (non-hydrogen) atoms. The van der Waals surface area contributed by atoms with Gasteiger partial charge in [0.15, 0.2) is 0 Å². The van der Waals surface area contributed by atoms with Crippen molar-refractivity contribution < 1.29 is 14.7 Å². The molecule has 4 nitrogen and oxygen atoms in total. The van der Waals surface area contributed by atoms with E-state index in [1.807, 2.05) is 6.07 Å². The lowest BCUT2D eigenvalue weighted by Gasteiger charge is -2.18. The summed E-state index contributed by atoms with van der Waals surface area (Å²) >= 11 is 0. The third-order valence-corrected chi connectivity index (χ3v) is 2.99. The Hall–Kier alpha value is -1.84. The highest BCUT2D eigenvalue weighted by molar-refractivity contribution is 5.96. The maximum absolute atomic E-state index is 11.7. The van der Waals surface area contributed by atoms with Crippen molar-refractivity contribution in [3.63, 3.8) is 0 Å². The molecule has 1 amide bonds. The molecule has 1 atom stereocenters. The molecular weight excluding hydrogens is 206 g/mol. The van der Waals surface area contributed by atoms with E-state index in [1.165, 1.54) is 4.90 Å². The highest BCUT2D eigenvalue weighted by Crippen LogP contribution is 2.34. The number of hydrogen-bond donors (Lipinski definition) is 1. The lowest BCUT2D eigenvalue weighted by atomic mass is 9.94. The van der Waals surface area contributed by atoms with Crippen LogP contribution in [0.3, 0.4) is 0 Å². The lowest BCUT2D eigenvalue weighted by Crippen LogP contribution is -2.24. The molecule has 0 fully saturated rings. The molecule has 0 saturated heterocycles. The number of para-hydroxylation sites is 1. The number of rotatable bonds is 1. The van der Waals surface area contributed by atoms with Crippen molar-refractivity contribution in [2.45, 2.75) is 18.8 Å². The zero-order valence-electron chi connectivity index (χ0n) is 9.01. The second-order valence-corrected chi connectivity index (χ2v) is 3.94. The van der Waals surface area contributed by atoms with Gasteiger partial charge in [-0.1, -0.05) is 18.2 Å². The number of carboxylic acids is 1. The van der Waals surface area contributed by atoms with Gasteiger partial charge >= 0.3 is 5.97 Å². The van der Waals surface area contributed by atoms with Gasteiger partial charge in [-0.2, -0.15) is 0 Å². The Morgan fingerprint density at radius 2 is 2.12 bits per heavy atom. The second kappa shape index (κ2) is 3.96. The first-order valence-corrected chi connectivity index (χ1v) is 5.19. The van der Waals surface area contributed by atoms with Crippen LogP contribution < -0.4 is 4.90 Å². The number of carbonyl (C=O) groups excluding carboxylic acids is 1. The van der Waals surface area contributed by atoms with Crippen molar-refractivity contribution in [3.05, 3.63) is 29.8 Å². The van der Waals surface area contributed by atoms with Gasteiger partial charge in [0.1, 0.15) is 0 Å². The van der Waals surface area contributed by atoms with Gasteiger partial charge in [0.2, 0.25) is 5.91 Å². The number of hydrogen-bond acceptors (Lipinski definition) is 2. The molecule has 2 rings (SSSR count). The summed E-state index contributed by atoms with van der Waals surface area (Å²) in [6.45, 7) is 0. The van der Waals surface area contributed by atoms with Crippen molar-refractivity contribution in [3.8, 4) is 0 Å². The summed E-state index contributed by atoms with van der Waals surface area (Å²) in [5, 5.41) is 9.15. The average molecular weight is 219 g/mol. The highest BCUT2D eigenvalue weighted by atomic mass is 16.4. The number of carboxylic acid groups (broad SMARTS) is 1. The molecule has 1 N–H and O–H groups in total.